The van der Waals surface area contributed by atoms with Gasteiger partial charge in [-0.1, -0.05) is 23.8 Å². The van der Waals surface area contributed by atoms with Gasteiger partial charge in [-0.05, 0) is 37.3 Å². The van der Waals surface area contributed by atoms with Gasteiger partial charge in [0, 0.05) is 11.6 Å². The van der Waals surface area contributed by atoms with E-state index in [1.54, 1.807) is 54.7 Å². The number of anilines is 1. The predicted octanol–water partition coefficient (Wildman–Crippen LogP) is 2.47. The van der Waals surface area contributed by atoms with Crippen molar-refractivity contribution in [1.29, 1.82) is 0 Å². The first-order chi connectivity index (χ1) is 10.0. The van der Waals surface area contributed by atoms with Gasteiger partial charge >= 0.3 is 0 Å². The fourth-order valence-electron chi connectivity index (χ4n) is 2.30. The number of aryl methyl sites for hydroxylation is 1. The van der Waals surface area contributed by atoms with Gasteiger partial charge in [0.15, 0.2) is 0 Å². The summed E-state index contributed by atoms with van der Waals surface area (Å²) < 4.78 is 26.7. The summed E-state index contributed by atoms with van der Waals surface area (Å²) in [7, 11) is -3.62. The number of nitrogens with one attached hydrogen (secondary N) is 1. The van der Waals surface area contributed by atoms with Crippen LogP contribution in [0.3, 0.4) is 0 Å². The van der Waals surface area contributed by atoms with Crippen molar-refractivity contribution in [1.82, 2.24) is 3.97 Å². The van der Waals surface area contributed by atoms with Crippen LogP contribution < -0.4 is 11.3 Å². The average molecular weight is 301 g/mol. The molecule has 6 heteroatoms. The van der Waals surface area contributed by atoms with Gasteiger partial charge in [0.05, 0.1) is 16.1 Å². The first-order valence-corrected chi connectivity index (χ1v) is 7.87. The van der Waals surface area contributed by atoms with Gasteiger partial charge in [-0.15, -0.1) is 0 Å². The van der Waals surface area contributed by atoms with E-state index in [0.29, 0.717) is 11.2 Å². The summed E-state index contributed by atoms with van der Waals surface area (Å²) in [6, 6.07) is 13.8. The van der Waals surface area contributed by atoms with Crippen LogP contribution in [0.5, 0.6) is 0 Å². The highest BCUT2D eigenvalue weighted by Crippen LogP contribution is 2.27. The van der Waals surface area contributed by atoms with Gasteiger partial charge in [0.2, 0.25) is 0 Å². The van der Waals surface area contributed by atoms with E-state index < -0.39 is 10.0 Å². The topological polar surface area (TPSA) is 77.1 Å². The van der Waals surface area contributed by atoms with Crippen LogP contribution >= 0.6 is 0 Å². The van der Waals surface area contributed by atoms with E-state index in [1.165, 1.54) is 3.97 Å². The molecule has 0 aliphatic carbocycles. The predicted molar refractivity (Wildman–Crippen MR) is 83.5 cm³/mol. The van der Waals surface area contributed by atoms with Crippen LogP contribution in [0.25, 0.3) is 10.9 Å². The van der Waals surface area contributed by atoms with E-state index in [2.05, 4.69) is 5.43 Å². The normalized spacial score (nSPS) is 11.7. The van der Waals surface area contributed by atoms with Crippen molar-refractivity contribution in [2.45, 2.75) is 11.8 Å². The van der Waals surface area contributed by atoms with Crippen molar-refractivity contribution in [3.8, 4) is 0 Å². The van der Waals surface area contributed by atoms with Crippen molar-refractivity contribution in [2.24, 2.45) is 5.84 Å². The number of hydrogen-bond acceptors (Lipinski definition) is 4. The summed E-state index contributed by atoms with van der Waals surface area (Å²) in [5.41, 5.74) is 4.86. The molecule has 0 spiro atoms. The number of hydrogen-bond donors (Lipinski definition) is 2. The van der Waals surface area contributed by atoms with Crippen LogP contribution in [0.2, 0.25) is 0 Å². The Kier molecular flexibility index (Phi) is 3.19. The van der Waals surface area contributed by atoms with Gasteiger partial charge in [-0.2, -0.15) is 0 Å². The molecule has 21 heavy (non-hydrogen) atoms. The molecule has 0 amide bonds. The second kappa shape index (κ2) is 4.91. The third kappa shape index (κ3) is 2.18. The fourth-order valence-corrected chi connectivity index (χ4v) is 3.65. The maximum atomic E-state index is 12.7. The Labute approximate surface area is 123 Å². The number of fused-ring (bicyclic) bond motifs is 1. The van der Waals surface area contributed by atoms with E-state index in [-0.39, 0.29) is 4.90 Å². The van der Waals surface area contributed by atoms with Gasteiger partial charge in [0.25, 0.3) is 10.0 Å². The molecule has 0 aliphatic heterocycles. The Morgan fingerprint density at radius 3 is 2.43 bits per heavy atom. The molecule has 2 aromatic carbocycles. The number of aromatic nitrogens is 1. The number of nitrogen functional groups attached to an aromatic ring is 1. The summed E-state index contributed by atoms with van der Waals surface area (Å²) in [4.78, 5) is 0.261. The zero-order chi connectivity index (χ0) is 15.0. The molecular weight excluding hydrogens is 286 g/mol. The highest BCUT2D eigenvalue weighted by atomic mass is 32.2. The SMILES string of the molecule is Cc1ccc(S(=O)(=O)n2ccc3c(NN)cccc32)cc1. The van der Waals surface area contributed by atoms with Crippen molar-refractivity contribution in [2.75, 3.05) is 5.43 Å². The first-order valence-electron chi connectivity index (χ1n) is 6.43. The molecule has 0 saturated heterocycles. The number of benzene rings is 2. The van der Waals surface area contributed by atoms with Crippen LogP contribution in [-0.4, -0.2) is 12.4 Å². The van der Waals surface area contributed by atoms with Crippen molar-refractivity contribution in [3.05, 3.63) is 60.3 Å². The maximum absolute atomic E-state index is 12.7. The van der Waals surface area contributed by atoms with Crippen molar-refractivity contribution < 1.29 is 8.42 Å². The van der Waals surface area contributed by atoms with E-state index in [9.17, 15) is 8.42 Å². The molecule has 3 rings (SSSR count). The lowest BCUT2D eigenvalue weighted by Crippen LogP contribution is -2.12. The average Bonchev–Trinajstić information content (AvgIpc) is 2.92. The second-order valence-corrected chi connectivity index (χ2v) is 6.63. The number of hydrazine groups is 1. The van der Waals surface area contributed by atoms with Gasteiger partial charge in [0.1, 0.15) is 0 Å². The molecule has 0 bridgehead atoms. The zero-order valence-electron chi connectivity index (χ0n) is 11.4. The molecule has 0 atom stereocenters. The Balaban J connectivity index is 2.22. The second-order valence-electron chi connectivity index (χ2n) is 4.81. The van der Waals surface area contributed by atoms with E-state index in [4.69, 9.17) is 5.84 Å². The quantitative estimate of drug-likeness (QED) is 0.575. The Hall–Kier alpha value is -2.31. The van der Waals surface area contributed by atoms with Crippen LogP contribution in [0.15, 0.2) is 59.6 Å². The molecule has 5 nitrogen and oxygen atoms in total. The number of rotatable bonds is 3. The molecule has 1 heterocycles. The molecule has 0 unspecified atom stereocenters. The molecule has 0 aliphatic rings. The van der Waals surface area contributed by atoms with E-state index >= 15 is 0 Å². The summed E-state index contributed by atoms with van der Waals surface area (Å²) in [5, 5.41) is 0.760. The number of nitrogens with zero attached hydrogens (tertiary/aromatic N) is 1. The van der Waals surface area contributed by atoms with Crippen molar-refractivity contribution in [3.63, 3.8) is 0 Å². The lowest BCUT2D eigenvalue weighted by molar-refractivity contribution is 0.589. The fraction of sp³-hybridized carbons (Fsp3) is 0.0667. The molecule has 1 aromatic heterocycles. The minimum absolute atomic E-state index is 0.261. The lowest BCUT2D eigenvalue weighted by Gasteiger charge is -2.09. The highest BCUT2D eigenvalue weighted by Gasteiger charge is 2.19. The van der Waals surface area contributed by atoms with Crippen LogP contribution in [0.4, 0.5) is 5.69 Å². The number of nitrogens with two attached hydrogens (primary N) is 1. The molecule has 0 fully saturated rings. The Morgan fingerprint density at radius 2 is 1.76 bits per heavy atom. The van der Waals surface area contributed by atoms with Crippen LogP contribution in [-0.2, 0) is 10.0 Å². The third-order valence-electron chi connectivity index (χ3n) is 3.43. The van der Waals surface area contributed by atoms with E-state index in [1.807, 2.05) is 6.92 Å². The molecule has 108 valence electrons. The molecule has 0 saturated carbocycles. The van der Waals surface area contributed by atoms with Crippen molar-refractivity contribution >= 4 is 26.6 Å². The molecule has 0 radical (unpaired) electrons. The minimum Gasteiger partial charge on any atom is -0.323 e. The van der Waals surface area contributed by atoms with Gasteiger partial charge in [-0.3, -0.25) is 5.84 Å². The molecule has 3 aromatic rings. The minimum atomic E-state index is -3.62. The lowest BCUT2D eigenvalue weighted by atomic mass is 10.2. The smallest absolute Gasteiger partial charge is 0.268 e. The molecule has 3 N–H and O–H groups in total. The standard InChI is InChI=1S/C15H15N3O2S/c1-11-5-7-12(8-6-11)21(19,20)18-10-9-13-14(17-16)3-2-4-15(13)18/h2-10,17H,16H2,1H3. The first kappa shape index (κ1) is 13.7. The monoisotopic (exact) mass is 301 g/mol. The summed E-state index contributed by atoms with van der Waals surface area (Å²) in [6.07, 6.45) is 1.54. The zero-order valence-corrected chi connectivity index (χ0v) is 12.3. The highest BCUT2D eigenvalue weighted by molar-refractivity contribution is 7.90. The van der Waals surface area contributed by atoms with Crippen LogP contribution in [0.1, 0.15) is 5.56 Å². The third-order valence-corrected chi connectivity index (χ3v) is 5.13. The van der Waals surface area contributed by atoms with Gasteiger partial charge in [-0.25, -0.2) is 12.4 Å². The Bertz CT molecular complexity index is 896. The maximum Gasteiger partial charge on any atom is 0.268 e. The van der Waals surface area contributed by atoms with Gasteiger partial charge < -0.3 is 5.43 Å². The van der Waals surface area contributed by atoms with E-state index in [0.717, 1.165) is 10.9 Å². The molecular formula is C15H15N3O2S. The Morgan fingerprint density at radius 1 is 1.05 bits per heavy atom. The summed E-state index contributed by atoms with van der Waals surface area (Å²) in [5.74, 6) is 5.45. The summed E-state index contributed by atoms with van der Waals surface area (Å²) >= 11 is 0. The largest absolute Gasteiger partial charge is 0.323 e. The summed E-state index contributed by atoms with van der Waals surface area (Å²) in [6.45, 7) is 1.92. The van der Waals surface area contributed by atoms with Crippen LogP contribution in [0, 0.1) is 6.92 Å².